The van der Waals surface area contributed by atoms with Gasteiger partial charge in [0.1, 0.15) is 11.5 Å². The quantitative estimate of drug-likeness (QED) is 0.531. The van der Waals surface area contributed by atoms with Gasteiger partial charge in [0, 0.05) is 16.1 Å². The third-order valence-corrected chi connectivity index (χ3v) is 4.24. The Labute approximate surface area is 140 Å². The predicted octanol–water partition coefficient (Wildman–Crippen LogP) is 5.03. The van der Waals surface area contributed by atoms with Crippen molar-refractivity contribution < 1.29 is 14.3 Å². The Morgan fingerprint density at radius 3 is 2.43 bits per heavy atom. The third kappa shape index (κ3) is 4.13. The Morgan fingerprint density at radius 1 is 1.14 bits per heavy atom. The van der Waals surface area contributed by atoms with Crippen molar-refractivity contribution in [2.45, 2.75) is 0 Å². The smallest absolute Gasteiger partial charge is 0.200 e. The van der Waals surface area contributed by atoms with E-state index in [9.17, 15) is 4.79 Å². The zero-order valence-electron chi connectivity index (χ0n) is 11.0. The van der Waals surface area contributed by atoms with Crippen LogP contribution in [0.15, 0.2) is 40.9 Å². The van der Waals surface area contributed by atoms with Crippen LogP contribution in [0.2, 0.25) is 10.0 Å². The van der Waals surface area contributed by atoms with Crippen LogP contribution in [0.3, 0.4) is 0 Å². The van der Waals surface area contributed by atoms with Gasteiger partial charge in [-0.3, -0.25) is 4.79 Å². The summed E-state index contributed by atoms with van der Waals surface area (Å²) in [6.45, 7) is -0.121. The zero-order chi connectivity index (χ0) is 15.4. The highest BCUT2D eigenvalue weighted by Crippen LogP contribution is 2.34. The van der Waals surface area contributed by atoms with E-state index in [1.165, 1.54) is 0 Å². The van der Waals surface area contributed by atoms with E-state index in [0.29, 0.717) is 31.6 Å². The van der Waals surface area contributed by atoms with Gasteiger partial charge in [0.15, 0.2) is 12.4 Å². The van der Waals surface area contributed by atoms with Crippen LogP contribution in [0, 0.1) is 0 Å². The van der Waals surface area contributed by atoms with Crippen molar-refractivity contribution in [2.75, 3.05) is 13.7 Å². The third-order valence-electron chi connectivity index (χ3n) is 2.75. The summed E-state index contributed by atoms with van der Waals surface area (Å²) in [5.41, 5.74) is 0.537. The minimum absolute atomic E-state index is 0.121. The lowest BCUT2D eigenvalue weighted by atomic mass is 10.1. The van der Waals surface area contributed by atoms with E-state index in [1.807, 2.05) is 0 Å². The van der Waals surface area contributed by atoms with E-state index >= 15 is 0 Å². The van der Waals surface area contributed by atoms with Gasteiger partial charge in [-0.1, -0.05) is 23.2 Å². The highest BCUT2D eigenvalue weighted by molar-refractivity contribution is 9.10. The lowest BCUT2D eigenvalue weighted by molar-refractivity contribution is 0.0921. The van der Waals surface area contributed by atoms with Crippen LogP contribution in [0.4, 0.5) is 0 Å². The summed E-state index contributed by atoms with van der Waals surface area (Å²) in [4.78, 5) is 12.0. The van der Waals surface area contributed by atoms with E-state index in [4.69, 9.17) is 32.7 Å². The molecule has 0 radical (unpaired) electrons. The first kappa shape index (κ1) is 16.1. The highest BCUT2D eigenvalue weighted by atomic mass is 79.9. The van der Waals surface area contributed by atoms with Gasteiger partial charge in [0.05, 0.1) is 17.2 Å². The van der Waals surface area contributed by atoms with E-state index in [2.05, 4.69) is 15.9 Å². The van der Waals surface area contributed by atoms with Crippen LogP contribution in [0.25, 0.3) is 0 Å². The fourth-order valence-electron chi connectivity index (χ4n) is 1.62. The van der Waals surface area contributed by atoms with Crippen molar-refractivity contribution in [1.82, 2.24) is 0 Å². The molecule has 0 atom stereocenters. The SMILES string of the molecule is COc1ccc(C(=O)COc2cc(Cl)c(Br)cc2Cl)cc1. The number of benzene rings is 2. The summed E-state index contributed by atoms with van der Waals surface area (Å²) in [6, 6.07) is 9.99. The number of methoxy groups -OCH3 is 1. The Balaban J connectivity index is 2.05. The number of rotatable bonds is 5. The van der Waals surface area contributed by atoms with Crippen molar-refractivity contribution in [3.8, 4) is 11.5 Å². The highest BCUT2D eigenvalue weighted by Gasteiger charge is 2.11. The second-order valence-electron chi connectivity index (χ2n) is 4.14. The first-order chi connectivity index (χ1) is 10.0. The zero-order valence-corrected chi connectivity index (χ0v) is 14.1. The molecule has 2 aromatic carbocycles. The molecule has 0 fully saturated rings. The molecule has 0 unspecified atom stereocenters. The van der Waals surface area contributed by atoms with Crippen molar-refractivity contribution in [3.63, 3.8) is 0 Å². The molecule has 0 aliphatic heterocycles. The second kappa shape index (κ2) is 7.16. The van der Waals surface area contributed by atoms with Gasteiger partial charge in [0.2, 0.25) is 0 Å². The number of hydrogen-bond acceptors (Lipinski definition) is 3. The van der Waals surface area contributed by atoms with Crippen molar-refractivity contribution in [2.24, 2.45) is 0 Å². The van der Waals surface area contributed by atoms with E-state index in [1.54, 1.807) is 43.5 Å². The predicted molar refractivity (Wildman–Crippen MR) is 87.0 cm³/mol. The molecular weight excluding hydrogens is 379 g/mol. The van der Waals surface area contributed by atoms with Gasteiger partial charge in [-0.25, -0.2) is 0 Å². The van der Waals surface area contributed by atoms with E-state index in [-0.39, 0.29) is 12.4 Å². The molecule has 0 aromatic heterocycles. The summed E-state index contributed by atoms with van der Waals surface area (Å²) < 4.78 is 11.1. The summed E-state index contributed by atoms with van der Waals surface area (Å²) in [5.74, 6) is 0.898. The molecule has 110 valence electrons. The largest absolute Gasteiger partial charge is 0.497 e. The molecule has 2 aromatic rings. The molecule has 0 N–H and O–H groups in total. The molecule has 0 aliphatic carbocycles. The average Bonchev–Trinajstić information content (AvgIpc) is 2.49. The van der Waals surface area contributed by atoms with Crippen LogP contribution >= 0.6 is 39.1 Å². The molecule has 2 rings (SSSR count). The Morgan fingerprint density at radius 2 is 1.81 bits per heavy atom. The molecular formula is C15H11BrCl2O3. The lowest BCUT2D eigenvalue weighted by Gasteiger charge is -2.09. The standard InChI is InChI=1S/C15H11BrCl2O3/c1-20-10-4-2-9(3-5-10)14(19)8-21-15-7-12(17)11(16)6-13(15)18/h2-7H,8H2,1H3. The van der Waals surface area contributed by atoms with Crippen LogP contribution < -0.4 is 9.47 Å². The minimum Gasteiger partial charge on any atom is -0.497 e. The fourth-order valence-corrected chi connectivity index (χ4v) is 2.47. The molecule has 6 heteroatoms. The summed E-state index contributed by atoms with van der Waals surface area (Å²) in [6.07, 6.45) is 0. The van der Waals surface area contributed by atoms with Gasteiger partial charge in [-0.2, -0.15) is 0 Å². The topological polar surface area (TPSA) is 35.5 Å². The Bertz CT molecular complexity index is 657. The fraction of sp³-hybridized carbons (Fsp3) is 0.133. The molecule has 0 saturated heterocycles. The number of ketones is 1. The maximum atomic E-state index is 12.0. The Kier molecular flexibility index (Phi) is 5.51. The number of carbonyl (C=O) groups excluding carboxylic acids is 1. The lowest BCUT2D eigenvalue weighted by Crippen LogP contribution is -2.11. The molecule has 0 aliphatic rings. The molecule has 0 spiro atoms. The minimum atomic E-state index is -0.159. The van der Waals surface area contributed by atoms with Crippen LogP contribution in [0.1, 0.15) is 10.4 Å². The molecule has 3 nitrogen and oxygen atoms in total. The van der Waals surface area contributed by atoms with E-state index in [0.717, 1.165) is 0 Å². The average molecular weight is 390 g/mol. The molecule has 0 amide bonds. The molecule has 0 bridgehead atoms. The molecule has 0 heterocycles. The van der Waals surface area contributed by atoms with Crippen LogP contribution in [-0.2, 0) is 0 Å². The summed E-state index contributed by atoms with van der Waals surface area (Å²) in [5, 5.41) is 0.847. The number of halogens is 3. The number of carbonyl (C=O) groups is 1. The number of ether oxygens (including phenoxy) is 2. The van der Waals surface area contributed by atoms with Crippen molar-refractivity contribution in [1.29, 1.82) is 0 Å². The van der Waals surface area contributed by atoms with Crippen LogP contribution in [-0.4, -0.2) is 19.5 Å². The molecule has 0 saturated carbocycles. The van der Waals surface area contributed by atoms with Gasteiger partial charge in [0.25, 0.3) is 0 Å². The number of hydrogen-bond donors (Lipinski definition) is 0. The van der Waals surface area contributed by atoms with Gasteiger partial charge < -0.3 is 9.47 Å². The number of Topliss-reactive ketones (excluding diaryl/α,β-unsaturated/α-hetero) is 1. The monoisotopic (exact) mass is 388 g/mol. The van der Waals surface area contributed by atoms with Crippen LogP contribution in [0.5, 0.6) is 11.5 Å². The van der Waals surface area contributed by atoms with E-state index < -0.39 is 0 Å². The Hall–Kier alpha value is -1.23. The summed E-state index contributed by atoms with van der Waals surface area (Å²) in [7, 11) is 1.57. The molecule has 21 heavy (non-hydrogen) atoms. The van der Waals surface area contributed by atoms with Crippen molar-refractivity contribution >= 4 is 44.9 Å². The second-order valence-corrected chi connectivity index (χ2v) is 5.81. The van der Waals surface area contributed by atoms with Gasteiger partial charge in [-0.15, -0.1) is 0 Å². The normalized spacial score (nSPS) is 10.3. The first-order valence-electron chi connectivity index (χ1n) is 5.96. The van der Waals surface area contributed by atoms with Crippen molar-refractivity contribution in [3.05, 3.63) is 56.5 Å². The summed E-state index contributed by atoms with van der Waals surface area (Å²) >= 11 is 15.3. The van der Waals surface area contributed by atoms with Gasteiger partial charge >= 0.3 is 0 Å². The van der Waals surface area contributed by atoms with Gasteiger partial charge in [-0.05, 0) is 46.3 Å². The first-order valence-corrected chi connectivity index (χ1v) is 7.50. The maximum absolute atomic E-state index is 12.0. The maximum Gasteiger partial charge on any atom is 0.200 e.